The number of hydrogen-bond acceptors (Lipinski definition) is 10. The van der Waals surface area contributed by atoms with E-state index in [4.69, 9.17) is 4.98 Å². The summed E-state index contributed by atoms with van der Waals surface area (Å²) in [6.07, 6.45) is 5.32. The summed E-state index contributed by atoms with van der Waals surface area (Å²) in [4.78, 5) is 37.4. The van der Waals surface area contributed by atoms with Gasteiger partial charge in [0.1, 0.15) is 23.1 Å². The molecule has 3 aromatic heterocycles. The Morgan fingerprint density at radius 2 is 1.75 bits per heavy atom. The number of piperazine rings is 1. The van der Waals surface area contributed by atoms with Gasteiger partial charge >= 0.3 is 0 Å². The maximum atomic E-state index is 13.6. The minimum Gasteiger partial charge on any atom is -0.354 e. The third-order valence-electron chi connectivity index (χ3n) is 8.48. The molecule has 2 aliphatic heterocycles. The van der Waals surface area contributed by atoms with Gasteiger partial charge in [0.2, 0.25) is 16.0 Å². The fourth-order valence-electron chi connectivity index (χ4n) is 5.80. The topological polar surface area (TPSA) is 139 Å². The van der Waals surface area contributed by atoms with Crippen LogP contribution in [-0.4, -0.2) is 96.6 Å². The fraction of sp³-hybridized carbons (Fsp3) is 0.400. The number of carbonyl (C=O) groups excluding carboxylic acids is 1. The first-order valence-electron chi connectivity index (χ1n) is 14.9. The first-order valence-corrected chi connectivity index (χ1v) is 16.4. The molecule has 1 aromatic carbocycles. The average Bonchev–Trinajstić information content (AvgIpc) is 3.66. The van der Waals surface area contributed by atoms with Gasteiger partial charge in [0.15, 0.2) is 5.78 Å². The molecular formula is C30H34FN9O3S. The number of pyridine rings is 1. The van der Waals surface area contributed by atoms with Gasteiger partial charge in [0, 0.05) is 57.1 Å². The molecule has 0 spiro atoms. The normalized spacial score (nSPS) is 19.5. The van der Waals surface area contributed by atoms with Crippen LogP contribution in [0.3, 0.4) is 0 Å². The molecule has 0 radical (unpaired) electrons. The number of nitrogens with one attached hydrogen (secondary N) is 3. The smallest absolute Gasteiger partial charge is 0.231 e. The molecule has 7 rings (SSSR count). The van der Waals surface area contributed by atoms with Crippen LogP contribution in [0.5, 0.6) is 0 Å². The van der Waals surface area contributed by atoms with Crippen LogP contribution in [0.2, 0.25) is 0 Å². The van der Waals surface area contributed by atoms with E-state index in [0.29, 0.717) is 72.0 Å². The summed E-state index contributed by atoms with van der Waals surface area (Å²) in [6, 6.07) is 9.03. The van der Waals surface area contributed by atoms with Crippen LogP contribution in [0, 0.1) is 5.82 Å². The van der Waals surface area contributed by atoms with Gasteiger partial charge in [-0.05, 0) is 62.7 Å². The number of likely N-dealkylation sites (N-methyl/N-ethyl adjacent to an activating group) is 1. The number of hydrogen-bond donors (Lipinski definition) is 3. The van der Waals surface area contributed by atoms with Crippen LogP contribution in [0.25, 0.3) is 11.0 Å². The average molecular weight is 620 g/mol. The maximum Gasteiger partial charge on any atom is 0.231 e. The number of rotatable bonds is 9. The first-order chi connectivity index (χ1) is 21.2. The number of carbonyl (C=O) groups is 1. The van der Waals surface area contributed by atoms with Gasteiger partial charge in [-0.2, -0.15) is 9.97 Å². The van der Waals surface area contributed by atoms with Crippen molar-refractivity contribution in [3.05, 3.63) is 65.7 Å². The van der Waals surface area contributed by atoms with Crippen molar-refractivity contribution in [1.82, 2.24) is 29.6 Å². The standard InChI is InChI=1S/C30H34FN9O3S/c1-38-12-14-39(15-13-38)25-9-6-21(16-32-25)34-30-35-28-26(24(17-33-28)27(41)19-2-4-20(31)5-3-19)29(36-30)40-11-10-22(18-40)37-44(42,43)23-7-8-23/h2-6,9,16-17,22-23,37H,7-8,10-15,18H2,1H3,(H2,33,34,35,36)/t22-/m0/s1. The third-order valence-corrected chi connectivity index (χ3v) is 10.5. The third kappa shape index (κ3) is 5.84. The quantitative estimate of drug-likeness (QED) is 0.240. The molecule has 14 heteroatoms. The number of ketones is 1. The van der Waals surface area contributed by atoms with Crippen molar-refractivity contribution in [3.8, 4) is 0 Å². The van der Waals surface area contributed by atoms with E-state index in [9.17, 15) is 17.6 Å². The molecule has 3 N–H and O–H groups in total. The molecule has 3 aliphatic rings. The molecule has 230 valence electrons. The second kappa shape index (κ2) is 11.4. The van der Waals surface area contributed by atoms with Crippen molar-refractivity contribution in [2.24, 2.45) is 0 Å². The highest BCUT2D eigenvalue weighted by molar-refractivity contribution is 7.90. The predicted molar refractivity (Wildman–Crippen MR) is 167 cm³/mol. The van der Waals surface area contributed by atoms with E-state index in [1.165, 1.54) is 24.3 Å². The maximum absolute atomic E-state index is 13.6. The zero-order chi connectivity index (χ0) is 30.4. The number of aromatic amines is 1. The van der Waals surface area contributed by atoms with Crippen LogP contribution in [0.4, 0.5) is 27.7 Å². The molecule has 3 fully saturated rings. The Morgan fingerprint density at radius 3 is 2.45 bits per heavy atom. The van der Waals surface area contributed by atoms with E-state index in [0.717, 1.165) is 32.0 Å². The SMILES string of the molecule is CN1CCN(c2ccc(Nc3nc(N4CC[C@H](NS(=O)(=O)C5CC5)C4)c4c(C(=O)c5ccc(F)cc5)c[nH]c4n3)cn2)CC1. The van der Waals surface area contributed by atoms with Crippen molar-refractivity contribution >= 4 is 50.1 Å². The molecule has 44 heavy (non-hydrogen) atoms. The Kier molecular flexibility index (Phi) is 7.42. The highest BCUT2D eigenvalue weighted by Crippen LogP contribution is 2.34. The van der Waals surface area contributed by atoms with Crippen molar-refractivity contribution in [2.75, 3.05) is 61.4 Å². The zero-order valence-electron chi connectivity index (χ0n) is 24.3. The highest BCUT2D eigenvalue weighted by atomic mass is 32.2. The molecule has 0 unspecified atom stereocenters. The first kappa shape index (κ1) is 28.6. The molecule has 0 amide bonds. The number of benzene rings is 1. The molecule has 12 nitrogen and oxygen atoms in total. The van der Waals surface area contributed by atoms with E-state index in [-0.39, 0.29) is 17.1 Å². The van der Waals surface area contributed by atoms with Crippen molar-refractivity contribution in [2.45, 2.75) is 30.6 Å². The molecule has 5 heterocycles. The van der Waals surface area contributed by atoms with E-state index in [2.05, 4.69) is 41.8 Å². The number of aromatic nitrogens is 4. The highest BCUT2D eigenvalue weighted by Gasteiger charge is 2.39. The van der Waals surface area contributed by atoms with E-state index in [1.807, 2.05) is 17.0 Å². The molecule has 1 saturated carbocycles. The summed E-state index contributed by atoms with van der Waals surface area (Å²) >= 11 is 0. The van der Waals surface area contributed by atoms with Crippen LogP contribution < -0.4 is 19.8 Å². The molecule has 0 bridgehead atoms. The second-order valence-corrected chi connectivity index (χ2v) is 13.7. The lowest BCUT2D eigenvalue weighted by atomic mass is 10.0. The van der Waals surface area contributed by atoms with Gasteiger partial charge in [-0.1, -0.05) is 0 Å². The minimum atomic E-state index is -3.36. The Hall–Kier alpha value is -4.14. The minimum absolute atomic E-state index is 0.275. The lowest BCUT2D eigenvalue weighted by Crippen LogP contribution is -2.44. The Bertz CT molecular complexity index is 1790. The number of fused-ring (bicyclic) bond motifs is 1. The summed E-state index contributed by atoms with van der Waals surface area (Å²) in [5, 5.41) is 3.47. The van der Waals surface area contributed by atoms with Gasteiger partial charge in [-0.3, -0.25) is 4.79 Å². The van der Waals surface area contributed by atoms with Gasteiger partial charge in [-0.25, -0.2) is 22.5 Å². The van der Waals surface area contributed by atoms with Crippen LogP contribution in [0.1, 0.15) is 35.2 Å². The van der Waals surface area contributed by atoms with Crippen LogP contribution in [-0.2, 0) is 10.0 Å². The van der Waals surface area contributed by atoms with E-state index >= 15 is 0 Å². The predicted octanol–water partition coefficient (Wildman–Crippen LogP) is 2.88. The summed E-state index contributed by atoms with van der Waals surface area (Å²) in [7, 11) is -1.24. The van der Waals surface area contributed by atoms with Gasteiger partial charge in [0.05, 0.1) is 28.1 Å². The lowest BCUT2D eigenvalue weighted by Gasteiger charge is -2.33. The largest absolute Gasteiger partial charge is 0.354 e. The molecule has 2 saturated heterocycles. The monoisotopic (exact) mass is 619 g/mol. The molecular weight excluding hydrogens is 585 g/mol. The Morgan fingerprint density at radius 1 is 0.977 bits per heavy atom. The van der Waals surface area contributed by atoms with Crippen LogP contribution in [0.15, 0.2) is 48.8 Å². The van der Waals surface area contributed by atoms with E-state index in [1.54, 1.807) is 12.4 Å². The van der Waals surface area contributed by atoms with Crippen molar-refractivity contribution in [1.29, 1.82) is 0 Å². The fourth-order valence-corrected chi connectivity index (χ4v) is 7.41. The summed E-state index contributed by atoms with van der Waals surface area (Å²) in [5.74, 6) is 1.01. The molecule has 4 aromatic rings. The number of nitrogens with zero attached hydrogens (tertiary/aromatic N) is 6. The number of halogens is 1. The zero-order valence-corrected chi connectivity index (χ0v) is 25.1. The van der Waals surface area contributed by atoms with Gasteiger partial charge in [0.25, 0.3) is 0 Å². The number of sulfonamides is 1. The summed E-state index contributed by atoms with van der Waals surface area (Å²) < 4.78 is 41.7. The van der Waals surface area contributed by atoms with Crippen molar-refractivity contribution < 1.29 is 17.6 Å². The van der Waals surface area contributed by atoms with Crippen LogP contribution >= 0.6 is 0 Å². The van der Waals surface area contributed by atoms with E-state index < -0.39 is 15.8 Å². The number of anilines is 4. The van der Waals surface area contributed by atoms with Gasteiger partial charge in [-0.15, -0.1) is 0 Å². The summed E-state index contributed by atoms with van der Waals surface area (Å²) in [6.45, 7) is 4.74. The number of H-pyrrole nitrogens is 1. The lowest BCUT2D eigenvalue weighted by molar-refractivity contribution is 0.104. The molecule has 1 atom stereocenters. The summed E-state index contributed by atoms with van der Waals surface area (Å²) in [5.41, 5.74) is 1.85. The van der Waals surface area contributed by atoms with Crippen molar-refractivity contribution in [3.63, 3.8) is 0 Å². The Labute approximate surface area is 254 Å². The Balaban J connectivity index is 1.19. The van der Waals surface area contributed by atoms with Gasteiger partial charge < -0.3 is 25.0 Å². The molecule has 1 aliphatic carbocycles. The second-order valence-electron chi connectivity index (χ2n) is 11.7.